The Kier molecular flexibility index (Phi) is 2.50. The lowest BCUT2D eigenvalue weighted by atomic mass is 10.2. The topological polar surface area (TPSA) is 66.5 Å². The van der Waals surface area contributed by atoms with Gasteiger partial charge in [0.2, 0.25) is 15.9 Å². The van der Waals surface area contributed by atoms with E-state index in [0.717, 1.165) is 19.3 Å². The molecule has 1 heterocycles. The first-order chi connectivity index (χ1) is 6.87. The summed E-state index contributed by atoms with van der Waals surface area (Å²) in [6.45, 7) is 2.09. The van der Waals surface area contributed by atoms with Crippen LogP contribution in [0.2, 0.25) is 0 Å². The summed E-state index contributed by atoms with van der Waals surface area (Å²) in [6.07, 6.45) is 1.36. The Morgan fingerprint density at radius 2 is 1.93 bits per heavy atom. The average Bonchev–Trinajstić information content (AvgIpc) is 2.54. The van der Waals surface area contributed by atoms with Crippen molar-refractivity contribution in [3.8, 4) is 0 Å². The molecule has 0 aromatic rings. The standard InChI is InChI=1S/C9H16N2O3S/c1-11-4-7-6(8(7)5-11)3-9(12)10-15(2,13)14/h6-8H,3-5H2,1-2H3,(H,10,12). The van der Waals surface area contributed by atoms with E-state index in [-0.39, 0.29) is 5.91 Å². The maximum absolute atomic E-state index is 11.3. The first-order valence-corrected chi connectivity index (χ1v) is 6.95. The van der Waals surface area contributed by atoms with E-state index in [1.54, 1.807) is 0 Å². The Morgan fingerprint density at radius 1 is 1.40 bits per heavy atom. The second kappa shape index (κ2) is 3.45. The van der Waals surface area contributed by atoms with Crippen molar-refractivity contribution in [1.29, 1.82) is 0 Å². The van der Waals surface area contributed by atoms with Crippen molar-refractivity contribution >= 4 is 15.9 Å². The summed E-state index contributed by atoms with van der Waals surface area (Å²) < 4.78 is 23.6. The minimum Gasteiger partial charge on any atom is -0.306 e. The van der Waals surface area contributed by atoms with Crippen molar-refractivity contribution < 1.29 is 13.2 Å². The molecule has 1 aliphatic carbocycles. The van der Waals surface area contributed by atoms with Gasteiger partial charge in [0.25, 0.3) is 0 Å². The van der Waals surface area contributed by atoms with Crippen molar-refractivity contribution in [2.24, 2.45) is 17.8 Å². The summed E-state index contributed by atoms with van der Waals surface area (Å²) in [7, 11) is -1.32. The number of piperidine rings is 1. The normalized spacial score (nSPS) is 34.9. The molecule has 1 N–H and O–H groups in total. The molecule has 0 spiro atoms. The van der Waals surface area contributed by atoms with Gasteiger partial charge in [0.1, 0.15) is 0 Å². The zero-order chi connectivity index (χ0) is 11.2. The van der Waals surface area contributed by atoms with Crippen LogP contribution in [-0.4, -0.2) is 45.6 Å². The first-order valence-electron chi connectivity index (χ1n) is 5.06. The van der Waals surface area contributed by atoms with E-state index in [9.17, 15) is 13.2 Å². The van der Waals surface area contributed by atoms with Crippen molar-refractivity contribution in [3.63, 3.8) is 0 Å². The monoisotopic (exact) mass is 232 g/mol. The Balaban J connectivity index is 1.79. The molecule has 86 valence electrons. The molecule has 1 amide bonds. The molecule has 0 bridgehead atoms. The number of carbonyl (C=O) groups is 1. The second-order valence-electron chi connectivity index (χ2n) is 4.71. The van der Waals surface area contributed by atoms with Gasteiger partial charge in [0.15, 0.2) is 0 Å². The van der Waals surface area contributed by atoms with Crippen molar-refractivity contribution in [1.82, 2.24) is 9.62 Å². The number of sulfonamides is 1. The van der Waals surface area contributed by atoms with E-state index in [2.05, 4.69) is 11.9 Å². The number of hydrogen-bond acceptors (Lipinski definition) is 4. The van der Waals surface area contributed by atoms with Crippen LogP contribution in [0, 0.1) is 17.8 Å². The Morgan fingerprint density at radius 3 is 2.40 bits per heavy atom. The number of nitrogens with zero attached hydrogens (tertiary/aromatic N) is 1. The molecule has 15 heavy (non-hydrogen) atoms. The third-order valence-electron chi connectivity index (χ3n) is 3.27. The maximum Gasteiger partial charge on any atom is 0.233 e. The summed E-state index contributed by atoms with van der Waals surface area (Å²) in [5.41, 5.74) is 0. The number of hydrogen-bond donors (Lipinski definition) is 1. The Labute approximate surface area is 89.9 Å². The zero-order valence-electron chi connectivity index (χ0n) is 8.93. The van der Waals surface area contributed by atoms with Crippen LogP contribution in [0.1, 0.15) is 6.42 Å². The van der Waals surface area contributed by atoms with E-state index < -0.39 is 10.0 Å². The van der Waals surface area contributed by atoms with E-state index in [0.29, 0.717) is 24.2 Å². The Hall–Kier alpha value is -0.620. The molecule has 1 saturated carbocycles. The van der Waals surface area contributed by atoms with Crippen molar-refractivity contribution in [2.45, 2.75) is 6.42 Å². The summed E-state index contributed by atoms with van der Waals surface area (Å²) in [4.78, 5) is 13.6. The summed E-state index contributed by atoms with van der Waals surface area (Å²) in [6, 6.07) is 0. The number of carbonyl (C=O) groups excluding carboxylic acids is 1. The van der Waals surface area contributed by atoms with Crippen LogP contribution in [0.25, 0.3) is 0 Å². The van der Waals surface area contributed by atoms with E-state index >= 15 is 0 Å². The number of nitrogens with one attached hydrogen (secondary N) is 1. The highest BCUT2D eigenvalue weighted by Crippen LogP contribution is 2.52. The predicted octanol–water partition coefficient (Wildman–Crippen LogP) is -0.740. The molecule has 0 aromatic heterocycles. The van der Waals surface area contributed by atoms with Gasteiger partial charge in [0.05, 0.1) is 6.26 Å². The van der Waals surface area contributed by atoms with Crippen LogP contribution in [0.15, 0.2) is 0 Å². The molecule has 0 aromatic carbocycles. The highest BCUT2D eigenvalue weighted by atomic mass is 32.2. The van der Waals surface area contributed by atoms with Crippen molar-refractivity contribution in [3.05, 3.63) is 0 Å². The van der Waals surface area contributed by atoms with Crippen LogP contribution < -0.4 is 4.72 Å². The smallest absolute Gasteiger partial charge is 0.233 e. The van der Waals surface area contributed by atoms with Gasteiger partial charge in [-0.25, -0.2) is 8.42 Å². The van der Waals surface area contributed by atoms with Gasteiger partial charge in [0, 0.05) is 19.5 Å². The number of fused-ring (bicyclic) bond motifs is 1. The third kappa shape index (κ3) is 2.49. The molecule has 2 unspecified atom stereocenters. The molecular weight excluding hydrogens is 216 g/mol. The molecule has 0 radical (unpaired) electrons. The largest absolute Gasteiger partial charge is 0.306 e. The van der Waals surface area contributed by atoms with Gasteiger partial charge in [-0.15, -0.1) is 0 Å². The van der Waals surface area contributed by atoms with Crippen molar-refractivity contribution in [2.75, 3.05) is 26.4 Å². The number of rotatable bonds is 3. The van der Waals surface area contributed by atoms with Gasteiger partial charge in [-0.05, 0) is 24.8 Å². The van der Waals surface area contributed by atoms with E-state index in [1.165, 1.54) is 0 Å². The van der Waals surface area contributed by atoms with Crippen LogP contribution in [0.5, 0.6) is 0 Å². The quantitative estimate of drug-likeness (QED) is 0.696. The fourth-order valence-electron chi connectivity index (χ4n) is 2.63. The fraction of sp³-hybridized carbons (Fsp3) is 0.889. The number of amides is 1. The molecule has 2 rings (SSSR count). The molecule has 2 atom stereocenters. The highest BCUT2D eigenvalue weighted by Gasteiger charge is 2.54. The molecule has 2 fully saturated rings. The molecular formula is C9H16N2O3S. The van der Waals surface area contributed by atoms with Gasteiger partial charge < -0.3 is 4.90 Å². The lowest BCUT2D eigenvalue weighted by Gasteiger charge is -2.12. The zero-order valence-corrected chi connectivity index (χ0v) is 9.75. The lowest BCUT2D eigenvalue weighted by Crippen LogP contribution is -2.30. The SMILES string of the molecule is CN1CC2C(CC(=O)NS(C)(=O)=O)C2C1. The van der Waals surface area contributed by atoms with Gasteiger partial charge in [-0.2, -0.15) is 0 Å². The summed E-state index contributed by atoms with van der Waals surface area (Å²) >= 11 is 0. The molecule has 1 saturated heterocycles. The lowest BCUT2D eigenvalue weighted by molar-refractivity contribution is -0.119. The van der Waals surface area contributed by atoms with Crippen LogP contribution >= 0.6 is 0 Å². The van der Waals surface area contributed by atoms with Gasteiger partial charge >= 0.3 is 0 Å². The van der Waals surface area contributed by atoms with E-state index in [1.807, 2.05) is 4.72 Å². The molecule has 5 nitrogen and oxygen atoms in total. The predicted molar refractivity (Wildman–Crippen MR) is 55.6 cm³/mol. The van der Waals surface area contributed by atoms with Gasteiger partial charge in [-0.1, -0.05) is 0 Å². The first kappa shape index (κ1) is 10.9. The van der Waals surface area contributed by atoms with Crippen LogP contribution in [-0.2, 0) is 14.8 Å². The Bertz CT molecular complexity index is 367. The number of likely N-dealkylation sites (tertiary alicyclic amines) is 1. The average molecular weight is 232 g/mol. The van der Waals surface area contributed by atoms with Gasteiger partial charge in [-0.3, -0.25) is 9.52 Å². The maximum atomic E-state index is 11.3. The summed E-state index contributed by atoms with van der Waals surface area (Å²) in [5.74, 6) is 1.27. The van der Waals surface area contributed by atoms with Crippen LogP contribution in [0.4, 0.5) is 0 Å². The molecule has 6 heteroatoms. The second-order valence-corrected chi connectivity index (χ2v) is 6.46. The highest BCUT2D eigenvalue weighted by molar-refractivity contribution is 7.89. The van der Waals surface area contributed by atoms with E-state index in [4.69, 9.17) is 0 Å². The molecule has 2 aliphatic rings. The minimum atomic E-state index is -3.39. The van der Waals surface area contributed by atoms with Crippen LogP contribution in [0.3, 0.4) is 0 Å². The third-order valence-corrected chi connectivity index (χ3v) is 3.87. The summed E-state index contributed by atoms with van der Waals surface area (Å²) in [5, 5.41) is 0. The minimum absolute atomic E-state index is 0.357. The molecule has 1 aliphatic heterocycles. The fourth-order valence-corrected chi connectivity index (χ4v) is 3.12.